The van der Waals surface area contributed by atoms with Crippen molar-refractivity contribution in [1.29, 1.82) is 0 Å². The Morgan fingerprint density at radius 1 is 0.810 bits per heavy atom. The maximum Gasteiger partial charge on any atom is 0.219 e. The Balaban J connectivity index is 3.06. The first-order valence-corrected chi connectivity index (χ1v) is 8.69. The highest BCUT2D eigenvalue weighted by molar-refractivity contribution is 5.75. The summed E-state index contributed by atoms with van der Waals surface area (Å²) in [4.78, 5) is 11.5. The Hall–Kier alpha value is -0.650. The summed E-state index contributed by atoms with van der Waals surface area (Å²) in [6, 6.07) is 0. The topological polar surface area (TPSA) is 79.2 Å². The minimum Gasteiger partial charge on any atom is -0.356 e. The van der Waals surface area contributed by atoms with Crippen LogP contribution in [0.3, 0.4) is 0 Å². The lowest BCUT2D eigenvalue weighted by Crippen LogP contribution is -2.27. The highest BCUT2D eigenvalue weighted by Gasteiger charge is 1.99. The summed E-state index contributed by atoms with van der Waals surface area (Å²) in [7, 11) is 0. The molecule has 21 heavy (non-hydrogen) atoms. The molecule has 0 bridgehead atoms. The highest BCUT2D eigenvalue weighted by Crippen LogP contribution is 1.98. The largest absolute Gasteiger partial charge is 0.356 e. The van der Waals surface area contributed by atoms with E-state index in [2.05, 4.69) is 22.9 Å². The second-order valence-corrected chi connectivity index (χ2v) is 5.51. The minimum absolute atomic E-state index is 0.201. The molecular weight excluding hydrogens is 264 g/mol. The molecule has 0 aromatic rings. The fraction of sp³-hybridized carbons (Fsp3) is 0.938. The van der Waals surface area contributed by atoms with Gasteiger partial charge in [0.05, 0.1) is 0 Å². The van der Waals surface area contributed by atoms with Gasteiger partial charge in [0.25, 0.3) is 0 Å². The Morgan fingerprint density at radius 2 is 1.43 bits per heavy atom. The van der Waals surface area contributed by atoms with Crippen LogP contribution in [-0.2, 0) is 4.79 Å². The van der Waals surface area contributed by atoms with E-state index in [1.165, 1.54) is 19.3 Å². The molecule has 0 atom stereocenters. The number of hydrogen-bond acceptors (Lipinski definition) is 4. The zero-order chi connectivity index (χ0) is 15.6. The maximum absolute atomic E-state index is 11.5. The number of nitrogens with one attached hydrogen (secondary N) is 3. The van der Waals surface area contributed by atoms with Crippen LogP contribution >= 0.6 is 0 Å². The Kier molecular flexibility index (Phi) is 16.9. The Labute approximate surface area is 130 Å². The molecule has 5 nitrogen and oxygen atoms in total. The Morgan fingerprint density at radius 3 is 2.05 bits per heavy atom. The lowest BCUT2D eigenvalue weighted by molar-refractivity contribution is -0.121. The number of amides is 1. The normalized spacial score (nSPS) is 10.8. The van der Waals surface area contributed by atoms with Crippen LogP contribution in [-0.4, -0.2) is 45.2 Å². The van der Waals surface area contributed by atoms with Gasteiger partial charge in [-0.05, 0) is 64.8 Å². The van der Waals surface area contributed by atoms with Crippen LogP contribution < -0.4 is 21.7 Å². The molecule has 0 aliphatic carbocycles. The molecule has 0 radical (unpaired) electrons. The molecule has 5 heteroatoms. The van der Waals surface area contributed by atoms with E-state index in [1.54, 1.807) is 0 Å². The summed E-state index contributed by atoms with van der Waals surface area (Å²) >= 11 is 0. The van der Waals surface area contributed by atoms with E-state index in [-0.39, 0.29) is 5.91 Å². The molecule has 0 fully saturated rings. The summed E-state index contributed by atoms with van der Waals surface area (Å²) in [6.07, 6.45) is 8.47. The second-order valence-electron chi connectivity index (χ2n) is 5.51. The molecule has 0 aliphatic heterocycles. The smallest absolute Gasteiger partial charge is 0.219 e. The van der Waals surface area contributed by atoms with Crippen LogP contribution in [0.1, 0.15) is 58.3 Å². The number of nitrogens with two attached hydrogens (primary N) is 1. The summed E-state index contributed by atoms with van der Waals surface area (Å²) in [5.41, 5.74) is 5.42. The van der Waals surface area contributed by atoms with Gasteiger partial charge in [-0.3, -0.25) is 4.79 Å². The van der Waals surface area contributed by atoms with Gasteiger partial charge in [0.15, 0.2) is 0 Å². The molecular formula is C16H36N4O. The van der Waals surface area contributed by atoms with Crippen molar-refractivity contribution in [2.45, 2.75) is 58.3 Å². The van der Waals surface area contributed by atoms with Crippen molar-refractivity contribution >= 4 is 5.91 Å². The lowest BCUT2D eigenvalue weighted by Gasteiger charge is -2.07. The first-order valence-electron chi connectivity index (χ1n) is 8.69. The number of unbranched alkanes of at least 4 members (excludes halogenated alkanes) is 3. The highest BCUT2D eigenvalue weighted by atomic mass is 16.1. The molecule has 0 aliphatic rings. The van der Waals surface area contributed by atoms with Crippen LogP contribution in [0, 0.1) is 0 Å². The predicted octanol–water partition coefficient (Wildman–Crippen LogP) is 1.38. The van der Waals surface area contributed by atoms with E-state index < -0.39 is 0 Å². The van der Waals surface area contributed by atoms with E-state index in [0.717, 1.165) is 65.0 Å². The molecule has 0 heterocycles. The van der Waals surface area contributed by atoms with Gasteiger partial charge in [0.1, 0.15) is 0 Å². The molecule has 0 saturated heterocycles. The van der Waals surface area contributed by atoms with E-state index >= 15 is 0 Å². The number of hydrogen-bond donors (Lipinski definition) is 4. The lowest BCUT2D eigenvalue weighted by atomic mass is 10.2. The van der Waals surface area contributed by atoms with Crippen LogP contribution in [0.5, 0.6) is 0 Å². The third kappa shape index (κ3) is 17.3. The molecule has 5 N–H and O–H groups in total. The average Bonchev–Trinajstić information content (AvgIpc) is 2.48. The zero-order valence-corrected chi connectivity index (χ0v) is 13.9. The van der Waals surface area contributed by atoms with Crippen LogP contribution in [0.15, 0.2) is 0 Å². The molecule has 0 aromatic heterocycles. The van der Waals surface area contributed by atoms with Crippen LogP contribution in [0.25, 0.3) is 0 Å². The predicted molar refractivity (Wildman–Crippen MR) is 90.4 cm³/mol. The third-order valence-corrected chi connectivity index (χ3v) is 3.37. The fourth-order valence-electron chi connectivity index (χ4n) is 2.04. The van der Waals surface area contributed by atoms with Gasteiger partial charge >= 0.3 is 0 Å². The molecule has 0 spiro atoms. The van der Waals surface area contributed by atoms with Gasteiger partial charge in [-0.2, -0.15) is 0 Å². The van der Waals surface area contributed by atoms with Gasteiger partial charge < -0.3 is 21.7 Å². The van der Waals surface area contributed by atoms with Crippen molar-refractivity contribution < 1.29 is 4.79 Å². The molecule has 0 saturated carbocycles. The Bertz CT molecular complexity index is 224. The average molecular weight is 300 g/mol. The van der Waals surface area contributed by atoms with Crippen LogP contribution in [0.2, 0.25) is 0 Å². The van der Waals surface area contributed by atoms with Gasteiger partial charge in [0, 0.05) is 13.0 Å². The first-order chi connectivity index (χ1) is 10.3. The molecule has 0 rings (SSSR count). The third-order valence-electron chi connectivity index (χ3n) is 3.37. The van der Waals surface area contributed by atoms with E-state index in [0.29, 0.717) is 6.42 Å². The molecule has 126 valence electrons. The molecule has 1 amide bonds. The van der Waals surface area contributed by atoms with Crippen molar-refractivity contribution in [2.75, 3.05) is 39.3 Å². The first kappa shape index (κ1) is 20.3. The monoisotopic (exact) mass is 300 g/mol. The number of carbonyl (C=O) groups excluding carboxylic acids is 1. The van der Waals surface area contributed by atoms with Gasteiger partial charge in [-0.15, -0.1) is 0 Å². The van der Waals surface area contributed by atoms with E-state index in [9.17, 15) is 4.79 Å². The van der Waals surface area contributed by atoms with Crippen molar-refractivity contribution in [1.82, 2.24) is 16.0 Å². The number of rotatable bonds is 16. The maximum atomic E-state index is 11.5. The van der Waals surface area contributed by atoms with Crippen molar-refractivity contribution in [3.05, 3.63) is 0 Å². The van der Waals surface area contributed by atoms with Gasteiger partial charge in [0.2, 0.25) is 5.91 Å². The summed E-state index contributed by atoms with van der Waals surface area (Å²) in [5, 5.41) is 9.76. The summed E-state index contributed by atoms with van der Waals surface area (Å²) < 4.78 is 0. The van der Waals surface area contributed by atoms with Gasteiger partial charge in [-0.25, -0.2) is 0 Å². The SMILES string of the molecule is CCCCCC(=O)NCCCNCCCCNCCCN. The van der Waals surface area contributed by atoms with Crippen molar-refractivity contribution in [2.24, 2.45) is 5.73 Å². The molecule has 0 unspecified atom stereocenters. The second kappa shape index (κ2) is 17.4. The van der Waals surface area contributed by atoms with E-state index in [1.807, 2.05) is 0 Å². The fourth-order valence-corrected chi connectivity index (χ4v) is 2.04. The molecule has 0 aromatic carbocycles. The van der Waals surface area contributed by atoms with E-state index in [4.69, 9.17) is 5.73 Å². The quantitative estimate of drug-likeness (QED) is 0.325. The zero-order valence-electron chi connectivity index (χ0n) is 13.9. The van der Waals surface area contributed by atoms with Gasteiger partial charge in [-0.1, -0.05) is 19.8 Å². The summed E-state index contributed by atoms with van der Waals surface area (Å²) in [6.45, 7) is 7.86. The van der Waals surface area contributed by atoms with Crippen LogP contribution in [0.4, 0.5) is 0 Å². The standard InChI is InChI=1S/C16H36N4O/c1-2-3-4-9-16(21)20-15-8-14-19-12-6-5-11-18-13-7-10-17/h18-19H,2-15,17H2,1H3,(H,20,21). The van der Waals surface area contributed by atoms with Crippen molar-refractivity contribution in [3.63, 3.8) is 0 Å². The van der Waals surface area contributed by atoms with Crippen molar-refractivity contribution in [3.8, 4) is 0 Å². The minimum atomic E-state index is 0.201. The summed E-state index contributed by atoms with van der Waals surface area (Å²) in [5.74, 6) is 0.201. The number of carbonyl (C=O) groups is 1.